The van der Waals surface area contributed by atoms with Crippen LogP contribution in [0.3, 0.4) is 0 Å². The summed E-state index contributed by atoms with van der Waals surface area (Å²) in [6, 6.07) is 14.1. The predicted molar refractivity (Wildman–Crippen MR) is 128 cm³/mol. The van der Waals surface area contributed by atoms with Gasteiger partial charge in [0.15, 0.2) is 17.5 Å². The van der Waals surface area contributed by atoms with Crippen LogP contribution < -0.4 is 19.5 Å². The first-order valence-corrected chi connectivity index (χ1v) is 9.70. The fourth-order valence-corrected chi connectivity index (χ4v) is 3.09. The Labute approximate surface area is 195 Å². The van der Waals surface area contributed by atoms with Crippen LogP contribution in [0.5, 0.6) is 17.2 Å². The normalized spacial score (nSPS) is 12.3. The summed E-state index contributed by atoms with van der Waals surface area (Å²) < 4.78 is 21.7. The molecule has 1 N–H and O–H groups in total. The first-order valence-electron chi connectivity index (χ1n) is 9.70. The Morgan fingerprint density at radius 3 is 2.73 bits per heavy atom. The molecule has 2 aromatic carbocycles. The number of halogens is 1. The van der Waals surface area contributed by atoms with Gasteiger partial charge in [0.2, 0.25) is 6.79 Å². The maximum atomic E-state index is 5.77. The Balaban J connectivity index is 0.00000320. The molecule has 0 aromatic heterocycles. The van der Waals surface area contributed by atoms with Gasteiger partial charge in [-0.1, -0.05) is 18.2 Å². The lowest BCUT2D eigenvalue weighted by Crippen LogP contribution is -2.38. The molecule has 0 fully saturated rings. The van der Waals surface area contributed by atoms with Crippen molar-refractivity contribution in [2.75, 3.05) is 41.2 Å². The van der Waals surface area contributed by atoms with Crippen LogP contribution in [0, 0.1) is 0 Å². The lowest BCUT2D eigenvalue weighted by atomic mass is 10.2. The SMILES string of the molecule is CN=C(NCc1cccc(OCCCOC)c1)N(C)Cc1ccc2c(c1)OCO2.I. The molecule has 0 unspecified atom stereocenters. The molecule has 0 saturated carbocycles. The van der Waals surface area contributed by atoms with Crippen molar-refractivity contribution >= 4 is 29.9 Å². The van der Waals surface area contributed by atoms with Crippen LogP contribution in [0.1, 0.15) is 17.5 Å². The quantitative estimate of drug-likeness (QED) is 0.233. The summed E-state index contributed by atoms with van der Waals surface area (Å²) in [5.41, 5.74) is 2.26. The van der Waals surface area contributed by atoms with Crippen LogP contribution in [0.25, 0.3) is 0 Å². The highest BCUT2D eigenvalue weighted by Crippen LogP contribution is 2.32. The smallest absolute Gasteiger partial charge is 0.231 e. The zero-order valence-electron chi connectivity index (χ0n) is 17.7. The van der Waals surface area contributed by atoms with E-state index in [2.05, 4.69) is 21.3 Å². The van der Waals surface area contributed by atoms with E-state index in [-0.39, 0.29) is 30.8 Å². The number of fused-ring (bicyclic) bond motifs is 1. The second kappa shape index (κ2) is 12.5. The van der Waals surface area contributed by atoms with E-state index in [0.717, 1.165) is 40.8 Å². The number of rotatable bonds is 9. The van der Waals surface area contributed by atoms with E-state index in [9.17, 15) is 0 Å². The molecule has 1 aliphatic rings. The van der Waals surface area contributed by atoms with E-state index in [1.165, 1.54) is 0 Å². The Morgan fingerprint density at radius 1 is 1.10 bits per heavy atom. The van der Waals surface area contributed by atoms with Crippen molar-refractivity contribution in [3.63, 3.8) is 0 Å². The molecule has 0 bridgehead atoms. The fourth-order valence-electron chi connectivity index (χ4n) is 3.09. The fraction of sp³-hybridized carbons (Fsp3) is 0.409. The molecule has 0 amide bonds. The summed E-state index contributed by atoms with van der Waals surface area (Å²) in [5, 5.41) is 3.41. The number of nitrogens with zero attached hydrogens (tertiary/aromatic N) is 2. The van der Waals surface area contributed by atoms with Gasteiger partial charge in [-0.05, 0) is 35.4 Å². The molecule has 0 atom stereocenters. The molecule has 0 spiro atoms. The zero-order chi connectivity index (χ0) is 20.5. The highest BCUT2D eigenvalue weighted by atomic mass is 127. The van der Waals surface area contributed by atoms with Gasteiger partial charge in [-0.15, -0.1) is 24.0 Å². The molecule has 0 radical (unpaired) electrons. The summed E-state index contributed by atoms with van der Waals surface area (Å²) in [6.07, 6.45) is 0.871. The van der Waals surface area contributed by atoms with Gasteiger partial charge >= 0.3 is 0 Å². The van der Waals surface area contributed by atoms with E-state index < -0.39 is 0 Å². The largest absolute Gasteiger partial charge is 0.493 e. The number of guanidine groups is 1. The lowest BCUT2D eigenvalue weighted by molar-refractivity contribution is 0.172. The van der Waals surface area contributed by atoms with E-state index in [0.29, 0.717) is 26.3 Å². The molecule has 164 valence electrons. The minimum atomic E-state index is 0. The highest BCUT2D eigenvalue weighted by molar-refractivity contribution is 14.0. The molecule has 1 heterocycles. The summed E-state index contributed by atoms with van der Waals surface area (Å²) >= 11 is 0. The molecule has 8 heteroatoms. The molecule has 30 heavy (non-hydrogen) atoms. The summed E-state index contributed by atoms with van der Waals surface area (Å²) in [7, 11) is 5.49. The molecule has 0 saturated heterocycles. The number of nitrogens with one attached hydrogen (secondary N) is 1. The van der Waals surface area contributed by atoms with Gasteiger partial charge < -0.3 is 29.2 Å². The molecule has 7 nitrogen and oxygen atoms in total. The lowest BCUT2D eigenvalue weighted by Gasteiger charge is -2.22. The van der Waals surface area contributed by atoms with Crippen LogP contribution in [0.4, 0.5) is 0 Å². The minimum absolute atomic E-state index is 0. The van der Waals surface area contributed by atoms with Gasteiger partial charge in [0.1, 0.15) is 5.75 Å². The number of benzene rings is 2. The van der Waals surface area contributed by atoms with Crippen molar-refractivity contribution in [3.05, 3.63) is 53.6 Å². The first-order chi connectivity index (χ1) is 14.2. The van der Waals surface area contributed by atoms with Crippen LogP contribution in [0.2, 0.25) is 0 Å². The van der Waals surface area contributed by atoms with Crippen molar-refractivity contribution in [1.82, 2.24) is 10.2 Å². The first kappa shape index (κ1) is 24.1. The minimum Gasteiger partial charge on any atom is -0.493 e. The highest BCUT2D eigenvalue weighted by Gasteiger charge is 2.14. The molecule has 0 aliphatic carbocycles. The van der Waals surface area contributed by atoms with E-state index >= 15 is 0 Å². The topological polar surface area (TPSA) is 64.6 Å². The molecular weight excluding hydrogens is 497 g/mol. The molecular formula is C22H30IN3O4. The second-order valence-corrected chi connectivity index (χ2v) is 6.79. The van der Waals surface area contributed by atoms with Crippen molar-refractivity contribution in [2.24, 2.45) is 4.99 Å². The predicted octanol–water partition coefficient (Wildman–Crippen LogP) is 3.66. The molecule has 1 aliphatic heterocycles. The van der Waals surface area contributed by atoms with Gasteiger partial charge in [-0.25, -0.2) is 0 Å². The maximum absolute atomic E-state index is 5.77. The number of aliphatic imine (C=N–C) groups is 1. The van der Waals surface area contributed by atoms with Crippen LogP contribution >= 0.6 is 24.0 Å². The van der Waals surface area contributed by atoms with Gasteiger partial charge in [0, 0.05) is 47.3 Å². The summed E-state index contributed by atoms with van der Waals surface area (Å²) in [6.45, 7) is 3.00. The Hall–Kier alpha value is -2.20. The Morgan fingerprint density at radius 2 is 1.93 bits per heavy atom. The van der Waals surface area contributed by atoms with Crippen LogP contribution in [-0.4, -0.2) is 52.1 Å². The van der Waals surface area contributed by atoms with Crippen molar-refractivity contribution in [1.29, 1.82) is 0 Å². The average molecular weight is 527 g/mol. The summed E-state index contributed by atoms with van der Waals surface area (Å²) in [5.74, 6) is 3.27. The molecule has 3 rings (SSSR count). The van der Waals surface area contributed by atoms with Crippen molar-refractivity contribution in [2.45, 2.75) is 19.5 Å². The van der Waals surface area contributed by atoms with Gasteiger partial charge in [-0.2, -0.15) is 0 Å². The van der Waals surface area contributed by atoms with Gasteiger partial charge in [0.25, 0.3) is 0 Å². The second-order valence-electron chi connectivity index (χ2n) is 6.79. The average Bonchev–Trinajstić information content (AvgIpc) is 3.20. The van der Waals surface area contributed by atoms with Crippen LogP contribution in [0.15, 0.2) is 47.5 Å². The van der Waals surface area contributed by atoms with E-state index in [4.69, 9.17) is 18.9 Å². The third kappa shape index (κ3) is 6.94. The van der Waals surface area contributed by atoms with E-state index in [1.54, 1.807) is 14.2 Å². The zero-order valence-corrected chi connectivity index (χ0v) is 20.1. The van der Waals surface area contributed by atoms with E-state index in [1.807, 2.05) is 43.4 Å². The third-order valence-corrected chi connectivity index (χ3v) is 4.54. The Kier molecular flexibility index (Phi) is 10.0. The van der Waals surface area contributed by atoms with Crippen LogP contribution in [-0.2, 0) is 17.8 Å². The molecule has 2 aromatic rings. The number of hydrogen-bond donors (Lipinski definition) is 1. The monoisotopic (exact) mass is 527 g/mol. The maximum Gasteiger partial charge on any atom is 0.231 e. The number of methoxy groups -OCH3 is 1. The number of ether oxygens (including phenoxy) is 4. The number of hydrogen-bond acceptors (Lipinski definition) is 5. The Bertz CT molecular complexity index is 832. The van der Waals surface area contributed by atoms with Crippen molar-refractivity contribution in [3.8, 4) is 17.2 Å². The summed E-state index contributed by atoms with van der Waals surface area (Å²) in [4.78, 5) is 6.47. The standard InChI is InChI=1S/C22H29N3O4.HI/c1-23-22(25(2)15-18-8-9-20-21(13-18)29-16-28-20)24-14-17-6-4-7-19(12-17)27-11-5-10-26-3;/h4,6-9,12-13H,5,10-11,14-16H2,1-3H3,(H,23,24);1H. The van der Waals surface area contributed by atoms with Gasteiger partial charge in [-0.3, -0.25) is 4.99 Å². The van der Waals surface area contributed by atoms with Crippen molar-refractivity contribution < 1.29 is 18.9 Å². The van der Waals surface area contributed by atoms with Gasteiger partial charge in [0.05, 0.1) is 6.61 Å². The third-order valence-electron chi connectivity index (χ3n) is 4.54.